The van der Waals surface area contributed by atoms with Crippen molar-refractivity contribution in [3.05, 3.63) is 33.8 Å². The summed E-state index contributed by atoms with van der Waals surface area (Å²) in [6, 6.07) is 3.06. The first-order chi connectivity index (χ1) is 11.2. The average Bonchev–Trinajstić information content (AvgIpc) is 2.79. The molecule has 1 atom stereocenters. The lowest BCUT2D eigenvalue weighted by atomic mass is 10.1. The maximum Gasteiger partial charge on any atom is 0.416 e. The van der Waals surface area contributed by atoms with E-state index in [1.165, 1.54) is 12.3 Å². The molecule has 2 rings (SSSR count). The molecule has 1 aliphatic heterocycles. The number of benzene rings is 1. The molecule has 0 aromatic heterocycles. The number of aliphatic carboxylic acids is 1. The number of alkyl halides is 3. The van der Waals surface area contributed by atoms with Gasteiger partial charge in [0.15, 0.2) is 5.17 Å². The van der Waals surface area contributed by atoms with Gasteiger partial charge in [0.2, 0.25) is 5.91 Å². The van der Waals surface area contributed by atoms with Crippen molar-refractivity contribution in [2.24, 2.45) is 10.2 Å². The zero-order valence-electron chi connectivity index (χ0n) is 11.7. The van der Waals surface area contributed by atoms with Crippen LogP contribution < -0.4 is 5.32 Å². The van der Waals surface area contributed by atoms with Gasteiger partial charge in [-0.15, -0.1) is 5.10 Å². The van der Waals surface area contributed by atoms with Crippen LogP contribution in [0.25, 0.3) is 0 Å². The number of carboxylic acid groups (broad SMARTS) is 1. The van der Waals surface area contributed by atoms with Crippen molar-refractivity contribution in [1.82, 2.24) is 5.32 Å². The van der Waals surface area contributed by atoms with E-state index < -0.39 is 28.9 Å². The van der Waals surface area contributed by atoms with Crippen LogP contribution in [0.15, 0.2) is 32.9 Å². The van der Waals surface area contributed by atoms with Crippen molar-refractivity contribution >= 4 is 51.0 Å². The summed E-state index contributed by atoms with van der Waals surface area (Å²) in [7, 11) is 0. The van der Waals surface area contributed by atoms with Crippen molar-refractivity contribution in [2.75, 3.05) is 0 Å². The minimum absolute atomic E-state index is 0.130. The van der Waals surface area contributed by atoms with Crippen molar-refractivity contribution in [3.63, 3.8) is 0 Å². The largest absolute Gasteiger partial charge is 0.481 e. The molecular formula is C13H9BrF3N3O3S. The molecule has 0 spiro atoms. The van der Waals surface area contributed by atoms with E-state index in [4.69, 9.17) is 5.11 Å². The van der Waals surface area contributed by atoms with Crippen LogP contribution in [0.5, 0.6) is 0 Å². The van der Waals surface area contributed by atoms with Crippen LogP contribution in [0.2, 0.25) is 0 Å². The Labute approximate surface area is 146 Å². The fourth-order valence-electron chi connectivity index (χ4n) is 1.70. The lowest BCUT2D eigenvalue weighted by Gasteiger charge is -2.07. The maximum absolute atomic E-state index is 12.6. The van der Waals surface area contributed by atoms with Crippen molar-refractivity contribution in [1.29, 1.82) is 0 Å². The second-order valence-corrected chi connectivity index (χ2v) is 6.62. The fraction of sp³-hybridized carbons (Fsp3) is 0.231. The summed E-state index contributed by atoms with van der Waals surface area (Å²) < 4.78 is 37.9. The number of amides is 1. The van der Waals surface area contributed by atoms with E-state index in [2.05, 4.69) is 31.4 Å². The van der Waals surface area contributed by atoms with Gasteiger partial charge in [0.05, 0.1) is 18.2 Å². The highest BCUT2D eigenvalue weighted by atomic mass is 79.9. The number of carbonyl (C=O) groups excluding carboxylic acids is 1. The molecule has 1 saturated heterocycles. The summed E-state index contributed by atoms with van der Waals surface area (Å²) in [5.41, 5.74) is -0.434. The van der Waals surface area contributed by atoms with Gasteiger partial charge in [0.25, 0.3) is 0 Å². The van der Waals surface area contributed by atoms with Gasteiger partial charge in [-0.3, -0.25) is 9.59 Å². The highest BCUT2D eigenvalue weighted by Crippen LogP contribution is 2.31. The fourth-order valence-corrected chi connectivity index (χ4v) is 3.09. The van der Waals surface area contributed by atoms with Crippen LogP contribution in [0.4, 0.5) is 13.2 Å². The molecule has 0 aliphatic carbocycles. The number of carbonyl (C=O) groups is 2. The van der Waals surface area contributed by atoms with Crippen LogP contribution in [0, 0.1) is 0 Å². The van der Waals surface area contributed by atoms with Gasteiger partial charge < -0.3 is 10.4 Å². The molecular weight excluding hydrogens is 415 g/mol. The molecule has 1 amide bonds. The van der Waals surface area contributed by atoms with E-state index >= 15 is 0 Å². The van der Waals surface area contributed by atoms with Gasteiger partial charge in [-0.1, -0.05) is 33.8 Å². The molecule has 1 aliphatic rings. The topological polar surface area (TPSA) is 91.1 Å². The molecule has 1 aromatic carbocycles. The number of halogens is 4. The Morgan fingerprint density at radius 2 is 2.17 bits per heavy atom. The molecule has 24 heavy (non-hydrogen) atoms. The first-order valence-corrected chi connectivity index (χ1v) is 8.01. The Morgan fingerprint density at radius 1 is 1.46 bits per heavy atom. The highest BCUT2D eigenvalue weighted by molar-refractivity contribution is 9.10. The summed E-state index contributed by atoms with van der Waals surface area (Å²) in [4.78, 5) is 22.1. The second-order valence-electron chi connectivity index (χ2n) is 4.58. The van der Waals surface area contributed by atoms with E-state index in [1.807, 2.05) is 0 Å². The Balaban J connectivity index is 2.07. The summed E-state index contributed by atoms with van der Waals surface area (Å²) in [6.07, 6.45) is -3.57. The Morgan fingerprint density at radius 3 is 2.75 bits per heavy atom. The van der Waals surface area contributed by atoms with Gasteiger partial charge in [0, 0.05) is 10.0 Å². The lowest BCUT2D eigenvalue weighted by molar-refractivity contribution is -0.138. The quantitative estimate of drug-likeness (QED) is 0.575. The number of hydrogen-bond acceptors (Lipinski definition) is 5. The number of amidine groups is 1. The van der Waals surface area contributed by atoms with Gasteiger partial charge in [0.1, 0.15) is 5.25 Å². The normalized spacial score (nSPS) is 19.9. The first-order valence-electron chi connectivity index (χ1n) is 6.34. The third-order valence-corrected chi connectivity index (χ3v) is 4.57. The zero-order chi connectivity index (χ0) is 17.9. The number of hydrogen-bond donors (Lipinski definition) is 2. The molecule has 2 N–H and O–H groups in total. The molecule has 1 aromatic rings. The number of carboxylic acids is 1. The van der Waals surface area contributed by atoms with Gasteiger partial charge >= 0.3 is 12.1 Å². The Hall–Kier alpha value is -1.88. The molecule has 1 unspecified atom stereocenters. The first kappa shape index (κ1) is 18.5. The van der Waals surface area contributed by atoms with Crippen LogP contribution in [-0.2, 0) is 15.8 Å². The van der Waals surface area contributed by atoms with Crippen LogP contribution >= 0.6 is 27.7 Å². The minimum atomic E-state index is -4.44. The molecule has 0 radical (unpaired) electrons. The zero-order valence-corrected chi connectivity index (χ0v) is 14.1. The van der Waals surface area contributed by atoms with Gasteiger partial charge in [-0.05, 0) is 12.1 Å². The van der Waals surface area contributed by atoms with Gasteiger partial charge in [-0.25, -0.2) is 0 Å². The summed E-state index contributed by atoms with van der Waals surface area (Å²) >= 11 is 3.95. The third-order valence-electron chi connectivity index (χ3n) is 2.81. The molecule has 128 valence electrons. The van der Waals surface area contributed by atoms with Crippen molar-refractivity contribution in [3.8, 4) is 0 Å². The van der Waals surface area contributed by atoms with E-state index in [0.717, 1.165) is 23.9 Å². The molecule has 1 fully saturated rings. The van der Waals surface area contributed by atoms with E-state index in [0.29, 0.717) is 5.56 Å². The molecule has 11 heteroatoms. The Bertz CT molecular complexity index is 737. The smallest absolute Gasteiger partial charge is 0.416 e. The molecule has 6 nitrogen and oxygen atoms in total. The number of nitrogens with one attached hydrogen (secondary N) is 1. The SMILES string of the molecule is O=C(O)CC1SC(=NN=Cc2ccc(C(F)(F)F)cc2Br)NC1=O. The monoisotopic (exact) mass is 423 g/mol. The summed E-state index contributed by atoms with van der Waals surface area (Å²) in [5, 5.41) is 17.8. The second kappa shape index (κ2) is 7.34. The van der Waals surface area contributed by atoms with Crippen LogP contribution in [0.1, 0.15) is 17.5 Å². The third kappa shape index (κ3) is 4.81. The van der Waals surface area contributed by atoms with E-state index in [9.17, 15) is 22.8 Å². The van der Waals surface area contributed by atoms with Gasteiger partial charge in [-0.2, -0.15) is 18.3 Å². The highest BCUT2D eigenvalue weighted by Gasteiger charge is 2.32. The standard InChI is InChI=1S/C13H9BrF3N3O3S/c14-8-3-7(13(15,16)17)2-1-6(8)5-18-20-12-19-11(23)9(24-12)4-10(21)22/h1-3,5,9H,4H2,(H,21,22)(H,19,20,23). The maximum atomic E-state index is 12.6. The van der Waals surface area contributed by atoms with E-state index in [1.54, 1.807) is 0 Å². The van der Waals surface area contributed by atoms with E-state index in [-0.39, 0.29) is 16.1 Å². The predicted molar refractivity (Wildman–Crippen MR) is 85.9 cm³/mol. The summed E-state index contributed by atoms with van der Waals surface area (Å²) in [6.45, 7) is 0. The number of nitrogens with zero attached hydrogens (tertiary/aromatic N) is 2. The number of rotatable bonds is 4. The molecule has 1 heterocycles. The van der Waals surface area contributed by atoms with Crippen LogP contribution in [-0.4, -0.2) is 33.6 Å². The lowest BCUT2D eigenvalue weighted by Crippen LogP contribution is -2.26. The summed E-state index contributed by atoms with van der Waals surface area (Å²) in [5.74, 6) is -1.59. The Kier molecular flexibility index (Phi) is 5.65. The number of thioether (sulfide) groups is 1. The average molecular weight is 424 g/mol. The van der Waals surface area contributed by atoms with Crippen molar-refractivity contribution in [2.45, 2.75) is 17.8 Å². The molecule has 0 saturated carbocycles. The van der Waals surface area contributed by atoms with Crippen LogP contribution in [0.3, 0.4) is 0 Å². The van der Waals surface area contributed by atoms with Crippen molar-refractivity contribution < 1.29 is 27.9 Å². The molecule has 0 bridgehead atoms. The predicted octanol–water partition coefficient (Wildman–Crippen LogP) is 2.86. The minimum Gasteiger partial charge on any atom is -0.481 e.